The maximum absolute atomic E-state index is 13.1. The Kier molecular flexibility index (Phi) is 9.36. The maximum atomic E-state index is 13.1. The van der Waals surface area contributed by atoms with Gasteiger partial charge in [-0.25, -0.2) is 0 Å². The minimum Gasteiger partial charge on any atom is -0.497 e. The quantitative estimate of drug-likeness (QED) is 0.338. The summed E-state index contributed by atoms with van der Waals surface area (Å²) >= 11 is 0. The van der Waals surface area contributed by atoms with Crippen LogP contribution >= 0.6 is 0 Å². The molecule has 0 fully saturated rings. The number of alkyl halides is 3. The average Bonchev–Trinajstić information content (AvgIpc) is 2.72. The molecule has 0 unspecified atom stereocenters. The van der Waals surface area contributed by atoms with Gasteiger partial charge in [-0.3, -0.25) is 0 Å². The third kappa shape index (κ3) is 8.00. The number of nitrogens with zero attached hydrogens (tertiary/aromatic N) is 1. The smallest absolute Gasteiger partial charge is 0.416 e. The largest absolute Gasteiger partial charge is 0.497 e. The first-order valence-corrected chi connectivity index (χ1v) is 10.5. The minimum atomic E-state index is -4.32. The lowest BCUT2D eigenvalue weighted by Gasteiger charge is -2.26. The molecular formula is C24H32F3NO. The Morgan fingerprint density at radius 1 is 0.862 bits per heavy atom. The van der Waals surface area contributed by atoms with E-state index in [2.05, 4.69) is 11.8 Å². The van der Waals surface area contributed by atoms with E-state index >= 15 is 0 Å². The fraction of sp³-hybridized carbons (Fsp3) is 0.500. The maximum Gasteiger partial charge on any atom is 0.416 e. The Hall–Kier alpha value is -2.17. The molecule has 2 rings (SSSR count). The second-order valence-electron chi connectivity index (χ2n) is 7.44. The van der Waals surface area contributed by atoms with Gasteiger partial charge in [0.2, 0.25) is 0 Å². The van der Waals surface area contributed by atoms with E-state index in [0.29, 0.717) is 12.1 Å². The molecule has 0 aliphatic heterocycles. The van der Waals surface area contributed by atoms with Crippen molar-refractivity contribution in [3.05, 3.63) is 59.7 Å². The van der Waals surface area contributed by atoms with Gasteiger partial charge in [0.05, 0.1) is 12.7 Å². The van der Waals surface area contributed by atoms with Crippen LogP contribution in [0.2, 0.25) is 0 Å². The molecule has 0 amide bonds. The standard InChI is InChI=1S/C24H32F3NO/c1-3-4-5-6-7-8-9-17-28(22-13-15-23(29-2)16-14-22)19-20-11-10-12-21(18-20)24(25,26)27/h10-16,18H,3-9,17,19H2,1-2H3. The summed E-state index contributed by atoms with van der Waals surface area (Å²) in [7, 11) is 1.62. The third-order valence-corrected chi connectivity index (χ3v) is 5.10. The number of benzene rings is 2. The van der Waals surface area contributed by atoms with E-state index in [1.807, 2.05) is 24.3 Å². The van der Waals surface area contributed by atoms with Gasteiger partial charge in [0.25, 0.3) is 0 Å². The van der Waals surface area contributed by atoms with Crippen LogP contribution in [0.25, 0.3) is 0 Å². The lowest BCUT2D eigenvalue weighted by molar-refractivity contribution is -0.137. The Morgan fingerprint density at radius 2 is 1.52 bits per heavy atom. The zero-order chi connectivity index (χ0) is 21.1. The number of hydrogen-bond acceptors (Lipinski definition) is 2. The van der Waals surface area contributed by atoms with Gasteiger partial charge in [-0.15, -0.1) is 0 Å². The summed E-state index contributed by atoms with van der Waals surface area (Å²) in [6.07, 6.45) is 4.11. The highest BCUT2D eigenvalue weighted by Crippen LogP contribution is 2.30. The van der Waals surface area contributed by atoms with E-state index in [1.165, 1.54) is 44.2 Å². The molecule has 5 heteroatoms. The zero-order valence-corrected chi connectivity index (χ0v) is 17.5. The highest BCUT2D eigenvalue weighted by atomic mass is 19.4. The van der Waals surface area contributed by atoms with E-state index in [4.69, 9.17) is 4.74 Å². The average molecular weight is 408 g/mol. The van der Waals surface area contributed by atoms with Gasteiger partial charge >= 0.3 is 6.18 Å². The molecule has 0 aromatic heterocycles. The van der Waals surface area contributed by atoms with Crippen LogP contribution in [0.15, 0.2) is 48.5 Å². The summed E-state index contributed by atoms with van der Waals surface area (Å²) in [5.74, 6) is 0.767. The fourth-order valence-electron chi connectivity index (χ4n) is 3.42. The SMILES string of the molecule is CCCCCCCCCN(Cc1cccc(C(F)(F)F)c1)c1ccc(OC)cc1. The zero-order valence-electron chi connectivity index (χ0n) is 17.5. The van der Waals surface area contributed by atoms with Gasteiger partial charge in [-0.2, -0.15) is 13.2 Å². The van der Waals surface area contributed by atoms with Crippen molar-refractivity contribution >= 4 is 5.69 Å². The number of ether oxygens (including phenoxy) is 1. The van der Waals surface area contributed by atoms with Crippen LogP contribution in [0.1, 0.15) is 63.0 Å². The van der Waals surface area contributed by atoms with Crippen LogP contribution in [0, 0.1) is 0 Å². The Morgan fingerprint density at radius 3 is 2.14 bits per heavy atom. The van der Waals surface area contributed by atoms with Crippen LogP contribution in [0.3, 0.4) is 0 Å². The van der Waals surface area contributed by atoms with Crippen molar-refractivity contribution in [1.29, 1.82) is 0 Å². The number of hydrogen-bond donors (Lipinski definition) is 0. The van der Waals surface area contributed by atoms with Crippen molar-refractivity contribution in [1.82, 2.24) is 0 Å². The molecule has 0 N–H and O–H groups in total. The van der Waals surface area contributed by atoms with Gasteiger partial charge in [0.15, 0.2) is 0 Å². The highest BCUT2D eigenvalue weighted by molar-refractivity contribution is 5.49. The molecule has 0 aliphatic rings. The molecule has 0 radical (unpaired) electrons. The van der Waals surface area contributed by atoms with Crippen molar-refractivity contribution in [3.8, 4) is 5.75 Å². The van der Waals surface area contributed by atoms with Crippen molar-refractivity contribution in [2.75, 3.05) is 18.6 Å². The van der Waals surface area contributed by atoms with E-state index in [0.717, 1.165) is 36.9 Å². The third-order valence-electron chi connectivity index (χ3n) is 5.10. The fourth-order valence-corrected chi connectivity index (χ4v) is 3.42. The summed E-state index contributed by atoms with van der Waals surface area (Å²) in [5, 5.41) is 0. The van der Waals surface area contributed by atoms with Crippen LogP contribution < -0.4 is 9.64 Å². The van der Waals surface area contributed by atoms with Gasteiger partial charge in [-0.05, 0) is 48.4 Å². The first kappa shape index (κ1) is 23.1. The molecule has 0 saturated heterocycles. The predicted molar refractivity (Wildman–Crippen MR) is 113 cm³/mol. The number of unbranched alkanes of at least 4 members (excludes halogenated alkanes) is 6. The van der Waals surface area contributed by atoms with E-state index < -0.39 is 11.7 Å². The summed E-state index contributed by atoms with van der Waals surface area (Å²) in [6, 6.07) is 13.3. The lowest BCUT2D eigenvalue weighted by atomic mass is 10.1. The van der Waals surface area contributed by atoms with E-state index in [1.54, 1.807) is 13.2 Å². The van der Waals surface area contributed by atoms with Crippen molar-refractivity contribution in [2.24, 2.45) is 0 Å². The molecular weight excluding hydrogens is 375 g/mol. The van der Waals surface area contributed by atoms with E-state index in [9.17, 15) is 13.2 Å². The molecule has 0 spiro atoms. The Bertz CT molecular complexity index is 713. The predicted octanol–water partition coefficient (Wildman–Crippen LogP) is 7.47. The van der Waals surface area contributed by atoms with Gasteiger partial charge < -0.3 is 9.64 Å². The topological polar surface area (TPSA) is 12.5 Å². The monoisotopic (exact) mass is 407 g/mol. The van der Waals surface area contributed by atoms with Crippen LogP contribution in [-0.2, 0) is 12.7 Å². The molecule has 0 bridgehead atoms. The second kappa shape index (κ2) is 11.7. The summed E-state index contributed by atoms with van der Waals surface area (Å²) in [4.78, 5) is 2.15. The van der Waals surface area contributed by atoms with Crippen LogP contribution in [-0.4, -0.2) is 13.7 Å². The normalized spacial score (nSPS) is 11.5. The highest BCUT2D eigenvalue weighted by Gasteiger charge is 2.30. The number of rotatable bonds is 12. The molecule has 0 atom stereocenters. The van der Waals surface area contributed by atoms with Gasteiger partial charge in [0, 0.05) is 18.8 Å². The van der Waals surface area contributed by atoms with Gasteiger partial charge in [-0.1, -0.05) is 57.6 Å². The van der Waals surface area contributed by atoms with Crippen molar-refractivity contribution in [2.45, 2.75) is 64.6 Å². The molecule has 0 saturated carbocycles. The number of anilines is 1. The number of halogens is 3. The Labute approximate surface area is 172 Å². The summed E-state index contributed by atoms with van der Waals surface area (Å²) < 4.78 is 44.4. The molecule has 29 heavy (non-hydrogen) atoms. The Balaban J connectivity index is 2.04. The summed E-state index contributed by atoms with van der Waals surface area (Å²) in [5.41, 5.74) is 1.06. The molecule has 2 nitrogen and oxygen atoms in total. The molecule has 2 aromatic carbocycles. The first-order valence-electron chi connectivity index (χ1n) is 10.5. The van der Waals surface area contributed by atoms with Crippen LogP contribution in [0.4, 0.5) is 18.9 Å². The van der Waals surface area contributed by atoms with Gasteiger partial charge in [0.1, 0.15) is 5.75 Å². The molecule has 0 heterocycles. The second-order valence-corrected chi connectivity index (χ2v) is 7.44. The van der Waals surface area contributed by atoms with Crippen molar-refractivity contribution < 1.29 is 17.9 Å². The minimum absolute atomic E-state index is 0.450. The summed E-state index contributed by atoms with van der Waals surface area (Å²) in [6.45, 7) is 3.48. The molecule has 0 aliphatic carbocycles. The lowest BCUT2D eigenvalue weighted by Crippen LogP contribution is -2.24. The molecule has 2 aromatic rings. The van der Waals surface area contributed by atoms with Crippen molar-refractivity contribution in [3.63, 3.8) is 0 Å². The number of methoxy groups -OCH3 is 1. The van der Waals surface area contributed by atoms with E-state index in [-0.39, 0.29) is 0 Å². The molecule has 160 valence electrons. The first-order chi connectivity index (χ1) is 13.9. The van der Waals surface area contributed by atoms with Crippen LogP contribution in [0.5, 0.6) is 5.75 Å².